The molecule has 0 fully saturated rings. The maximum atomic E-state index is 14.3. The van der Waals surface area contributed by atoms with Gasteiger partial charge in [-0.25, -0.2) is 4.39 Å². The van der Waals surface area contributed by atoms with Crippen molar-refractivity contribution in [2.24, 2.45) is 0 Å². The van der Waals surface area contributed by atoms with E-state index in [0.29, 0.717) is 25.1 Å². The zero-order chi connectivity index (χ0) is 18.1. The molecule has 2 heterocycles. The molecule has 2 aliphatic rings. The molecule has 2 aromatic rings. The van der Waals surface area contributed by atoms with Gasteiger partial charge in [-0.3, -0.25) is 9.59 Å². The molecule has 0 aromatic heterocycles. The number of amides is 2. The molecule has 1 atom stereocenters. The van der Waals surface area contributed by atoms with Crippen molar-refractivity contribution in [3.05, 3.63) is 64.5 Å². The maximum Gasteiger partial charge on any atom is 0.254 e. The van der Waals surface area contributed by atoms with Crippen LogP contribution in [0.15, 0.2) is 36.4 Å². The Hall–Kier alpha value is -2.44. The molecule has 27 heavy (non-hydrogen) atoms. The van der Waals surface area contributed by atoms with Crippen LogP contribution in [0.5, 0.6) is 0 Å². The number of benzene rings is 2. The predicted octanol–water partition coefficient (Wildman–Crippen LogP) is 2.75. The zero-order valence-corrected chi connectivity index (χ0v) is 15.5. The summed E-state index contributed by atoms with van der Waals surface area (Å²) >= 11 is 0. The number of rotatable bonds is 3. The third-order valence-electron chi connectivity index (χ3n) is 5.02. The highest BCUT2D eigenvalue weighted by Crippen LogP contribution is 2.26. The van der Waals surface area contributed by atoms with Gasteiger partial charge >= 0.3 is 0 Å². The first-order valence-electron chi connectivity index (χ1n) is 8.83. The van der Waals surface area contributed by atoms with Crippen molar-refractivity contribution in [2.75, 3.05) is 18.4 Å². The Bertz CT molecular complexity index is 888. The molecule has 0 bridgehead atoms. The molecule has 0 spiro atoms. The lowest BCUT2D eigenvalue weighted by Crippen LogP contribution is -2.39. The molecule has 3 N–H and O–H groups in total. The van der Waals surface area contributed by atoms with Gasteiger partial charge in [0.05, 0.1) is 5.56 Å². The Kier molecular flexibility index (Phi) is 5.77. The number of carbonyl (C=O) groups excluding carboxylic acids is 2. The highest BCUT2D eigenvalue weighted by Gasteiger charge is 2.23. The first-order chi connectivity index (χ1) is 12.6. The van der Waals surface area contributed by atoms with Gasteiger partial charge in [0.2, 0.25) is 5.91 Å². The third-order valence-corrected chi connectivity index (χ3v) is 5.02. The van der Waals surface area contributed by atoms with Gasteiger partial charge in [0, 0.05) is 24.7 Å². The van der Waals surface area contributed by atoms with Gasteiger partial charge in [-0.15, -0.1) is 12.4 Å². The molecule has 0 saturated heterocycles. The number of fused-ring (bicyclic) bond motifs is 2. The van der Waals surface area contributed by atoms with E-state index in [2.05, 4.69) is 28.1 Å². The molecule has 142 valence electrons. The van der Waals surface area contributed by atoms with Crippen molar-refractivity contribution in [2.45, 2.75) is 25.3 Å². The lowest BCUT2D eigenvalue weighted by atomic mass is 9.94. The van der Waals surface area contributed by atoms with Gasteiger partial charge in [0.25, 0.3) is 5.91 Å². The highest BCUT2D eigenvalue weighted by molar-refractivity contribution is 5.98. The fraction of sp³-hybridized carbons (Fsp3) is 0.300. The minimum Gasteiger partial charge on any atom is -0.350 e. The van der Waals surface area contributed by atoms with Crippen LogP contribution >= 0.6 is 12.4 Å². The van der Waals surface area contributed by atoms with E-state index < -0.39 is 11.7 Å². The Labute approximate surface area is 163 Å². The SMILES string of the molecule is Cl.O=C1CCc2cc(C(=O)NCC3NCCc4ccccc43)c(F)cc2N1. The number of carbonyl (C=O) groups is 2. The Balaban J connectivity index is 0.00000210. The van der Waals surface area contributed by atoms with E-state index in [4.69, 9.17) is 0 Å². The Morgan fingerprint density at radius 2 is 1.96 bits per heavy atom. The average Bonchev–Trinajstić information content (AvgIpc) is 2.65. The van der Waals surface area contributed by atoms with E-state index in [0.717, 1.165) is 18.5 Å². The van der Waals surface area contributed by atoms with Crippen LogP contribution in [-0.4, -0.2) is 24.9 Å². The quantitative estimate of drug-likeness (QED) is 0.756. The fourth-order valence-electron chi connectivity index (χ4n) is 3.64. The average molecular weight is 390 g/mol. The smallest absolute Gasteiger partial charge is 0.254 e. The second-order valence-corrected chi connectivity index (χ2v) is 6.70. The molecule has 4 rings (SSSR count). The second kappa shape index (κ2) is 8.06. The van der Waals surface area contributed by atoms with E-state index in [-0.39, 0.29) is 29.9 Å². The van der Waals surface area contributed by atoms with Gasteiger partial charge in [0.15, 0.2) is 0 Å². The van der Waals surface area contributed by atoms with E-state index in [1.165, 1.54) is 17.2 Å². The number of hydrogen-bond donors (Lipinski definition) is 3. The van der Waals surface area contributed by atoms with Gasteiger partial charge < -0.3 is 16.0 Å². The highest BCUT2D eigenvalue weighted by atomic mass is 35.5. The number of aryl methyl sites for hydroxylation is 1. The summed E-state index contributed by atoms with van der Waals surface area (Å²) in [5.74, 6) is -1.19. The van der Waals surface area contributed by atoms with Crippen molar-refractivity contribution in [3.8, 4) is 0 Å². The molecule has 0 aliphatic carbocycles. The lowest BCUT2D eigenvalue weighted by molar-refractivity contribution is -0.116. The number of anilines is 1. The van der Waals surface area contributed by atoms with Crippen molar-refractivity contribution in [1.82, 2.24) is 10.6 Å². The predicted molar refractivity (Wildman–Crippen MR) is 104 cm³/mol. The molecular weight excluding hydrogens is 369 g/mol. The summed E-state index contributed by atoms with van der Waals surface area (Å²) in [7, 11) is 0. The molecule has 1 unspecified atom stereocenters. The monoisotopic (exact) mass is 389 g/mol. The normalized spacial score (nSPS) is 17.8. The van der Waals surface area contributed by atoms with Crippen LogP contribution in [0, 0.1) is 5.82 Å². The molecule has 5 nitrogen and oxygen atoms in total. The van der Waals surface area contributed by atoms with Gasteiger partial charge in [-0.2, -0.15) is 0 Å². The van der Waals surface area contributed by atoms with Crippen molar-refractivity contribution in [3.63, 3.8) is 0 Å². The number of nitrogens with one attached hydrogen (secondary N) is 3. The van der Waals surface area contributed by atoms with Crippen LogP contribution < -0.4 is 16.0 Å². The topological polar surface area (TPSA) is 70.2 Å². The van der Waals surface area contributed by atoms with Gasteiger partial charge in [-0.05, 0) is 48.2 Å². The van der Waals surface area contributed by atoms with Crippen molar-refractivity contribution < 1.29 is 14.0 Å². The summed E-state index contributed by atoms with van der Waals surface area (Å²) in [5.41, 5.74) is 3.72. The first-order valence-corrected chi connectivity index (χ1v) is 8.83. The van der Waals surface area contributed by atoms with Crippen LogP contribution in [0.1, 0.15) is 39.5 Å². The van der Waals surface area contributed by atoms with Crippen LogP contribution in [0.3, 0.4) is 0 Å². The summed E-state index contributed by atoms with van der Waals surface area (Å²) < 4.78 is 14.3. The molecule has 2 aliphatic heterocycles. The fourth-order valence-corrected chi connectivity index (χ4v) is 3.64. The standard InChI is InChI=1S/C20H20FN3O2.ClH/c21-16-10-17-13(5-6-19(25)24-17)9-15(16)20(26)23-11-18-14-4-2-1-3-12(14)7-8-22-18;/h1-4,9-10,18,22H,5-8,11H2,(H,23,26)(H,24,25);1H. The third kappa shape index (κ3) is 3.96. The van der Waals surface area contributed by atoms with Gasteiger partial charge in [-0.1, -0.05) is 24.3 Å². The number of hydrogen-bond acceptors (Lipinski definition) is 3. The van der Waals surface area contributed by atoms with Crippen LogP contribution in [0.2, 0.25) is 0 Å². The van der Waals surface area contributed by atoms with E-state index in [9.17, 15) is 14.0 Å². The largest absolute Gasteiger partial charge is 0.350 e. The Morgan fingerprint density at radius 1 is 1.15 bits per heavy atom. The molecular formula is C20H21ClFN3O2. The summed E-state index contributed by atoms with van der Waals surface area (Å²) in [4.78, 5) is 23.9. The Morgan fingerprint density at radius 3 is 2.81 bits per heavy atom. The number of halogens is 2. The first kappa shape index (κ1) is 19.3. The summed E-state index contributed by atoms with van der Waals surface area (Å²) in [5, 5.41) is 8.87. The second-order valence-electron chi connectivity index (χ2n) is 6.70. The van der Waals surface area contributed by atoms with Crippen molar-refractivity contribution in [1.29, 1.82) is 0 Å². The minimum absolute atomic E-state index is 0. The van der Waals surface area contributed by atoms with E-state index >= 15 is 0 Å². The molecule has 0 saturated carbocycles. The summed E-state index contributed by atoms with van der Waals surface area (Å²) in [6, 6.07) is 10.9. The molecule has 2 amide bonds. The van der Waals surface area contributed by atoms with Crippen LogP contribution in [0.4, 0.5) is 10.1 Å². The van der Waals surface area contributed by atoms with Crippen LogP contribution in [-0.2, 0) is 17.6 Å². The van der Waals surface area contributed by atoms with E-state index in [1.54, 1.807) is 6.07 Å². The molecule has 0 radical (unpaired) electrons. The summed E-state index contributed by atoms with van der Waals surface area (Å²) in [6.07, 6.45) is 1.83. The minimum atomic E-state index is -0.625. The summed E-state index contributed by atoms with van der Waals surface area (Å²) in [6.45, 7) is 1.24. The van der Waals surface area contributed by atoms with Crippen LogP contribution in [0.25, 0.3) is 0 Å². The van der Waals surface area contributed by atoms with Crippen molar-refractivity contribution >= 4 is 29.9 Å². The van der Waals surface area contributed by atoms with Gasteiger partial charge in [0.1, 0.15) is 5.82 Å². The molecule has 7 heteroatoms. The lowest BCUT2D eigenvalue weighted by Gasteiger charge is -2.27. The maximum absolute atomic E-state index is 14.3. The molecule has 2 aromatic carbocycles. The zero-order valence-electron chi connectivity index (χ0n) is 14.7. The van der Waals surface area contributed by atoms with E-state index in [1.807, 2.05) is 12.1 Å².